The Hall–Kier alpha value is -3.41. The number of aromatic carboxylic acids is 1. The molecule has 0 atom stereocenters. The number of nitrogens with zero attached hydrogens (tertiary/aromatic N) is 3. The minimum Gasteiger partial charge on any atom is -0.478 e. The largest absolute Gasteiger partial charge is 0.478 e. The number of carboxylic acid groups (broad SMARTS) is 1. The number of carbonyl (C=O) groups is 1. The molecule has 4 aromatic rings. The molecule has 0 fully saturated rings. The Morgan fingerprint density at radius 2 is 1.89 bits per heavy atom. The summed E-state index contributed by atoms with van der Waals surface area (Å²) in [6.07, 6.45) is 1.75. The summed E-state index contributed by atoms with van der Waals surface area (Å²) < 4.78 is 5.56. The molecular formula is C22H21N3O3. The lowest BCUT2D eigenvalue weighted by molar-refractivity contribution is 0.0697. The van der Waals surface area contributed by atoms with E-state index in [2.05, 4.69) is 19.9 Å². The molecule has 1 N–H and O–H groups in total. The monoisotopic (exact) mass is 375 g/mol. The summed E-state index contributed by atoms with van der Waals surface area (Å²) in [6.45, 7) is 6.16. The third-order valence-electron chi connectivity index (χ3n) is 5.04. The van der Waals surface area contributed by atoms with Gasteiger partial charge in [0.1, 0.15) is 11.3 Å². The SMILES string of the molecule is Cc1coc2ccc(-c3nc4ccc(C(=O)O)cc4nc3N(C)C(C)C)cc12. The molecule has 0 amide bonds. The number of hydrogen-bond acceptors (Lipinski definition) is 5. The Morgan fingerprint density at radius 1 is 1.11 bits per heavy atom. The van der Waals surface area contributed by atoms with E-state index in [1.165, 1.54) is 0 Å². The van der Waals surface area contributed by atoms with Crippen LogP contribution in [0.15, 0.2) is 47.1 Å². The summed E-state index contributed by atoms with van der Waals surface area (Å²) in [5.41, 5.74) is 5.01. The second kappa shape index (κ2) is 6.64. The number of rotatable bonds is 4. The smallest absolute Gasteiger partial charge is 0.335 e. The lowest BCUT2D eigenvalue weighted by Gasteiger charge is -2.25. The molecule has 2 aromatic carbocycles. The first-order valence-electron chi connectivity index (χ1n) is 9.11. The van der Waals surface area contributed by atoms with Crippen molar-refractivity contribution in [1.29, 1.82) is 0 Å². The van der Waals surface area contributed by atoms with Crippen molar-refractivity contribution in [3.8, 4) is 11.3 Å². The fourth-order valence-electron chi connectivity index (χ4n) is 3.17. The van der Waals surface area contributed by atoms with E-state index in [4.69, 9.17) is 14.4 Å². The Bertz CT molecular complexity index is 1210. The highest BCUT2D eigenvalue weighted by atomic mass is 16.4. The molecule has 0 aliphatic rings. The van der Waals surface area contributed by atoms with E-state index in [0.29, 0.717) is 16.9 Å². The van der Waals surface area contributed by atoms with Gasteiger partial charge in [-0.25, -0.2) is 14.8 Å². The van der Waals surface area contributed by atoms with Gasteiger partial charge in [0.15, 0.2) is 5.82 Å². The number of benzene rings is 2. The summed E-state index contributed by atoms with van der Waals surface area (Å²) in [6, 6.07) is 11.0. The highest BCUT2D eigenvalue weighted by Gasteiger charge is 2.18. The maximum Gasteiger partial charge on any atom is 0.335 e. The van der Waals surface area contributed by atoms with Crippen LogP contribution >= 0.6 is 0 Å². The number of aromatic nitrogens is 2. The van der Waals surface area contributed by atoms with Crippen LogP contribution in [0.4, 0.5) is 5.82 Å². The zero-order valence-electron chi connectivity index (χ0n) is 16.2. The zero-order valence-corrected chi connectivity index (χ0v) is 16.2. The second-order valence-corrected chi connectivity index (χ2v) is 7.24. The van der Waals surface area contributed by atoms with E-state index in [0.717, 1.165) is 27.8 Å². The maximum atomic E-state index is 11.3. The molecule has 0 unspecified atom stereocenters. The quantitative estimate of drug-likeness (QED) is 0.547. The highest BCUT2D eigenvalue weighted by Crippen LogP contribution is 2.33. The molecule has 0 bridgehead atoms. The molecule has 6 nitrogen and oxygen atoms in total. The third kappa shape index (κ3) is 2.97. The minimum absolute atomic E-state index is 0.197. The van der Waals surface area contributed by atoms with Crippen LogP contribution in [0.5, 0.6) is 0 Å². The second-order valence-electron chi connectivity index (χ2n) is 7.24. The van der Waals surface area contributed by atoms with Crippen LogP contribution in [0.25, 0.3) is 33.3 Å². The van der Waals surface area contributed by atoms with Crippen LogP contribution in [-0.2, 0) is 0 Å². The molecular weight excluding hydrogens is 354 g/mol. The van der Waals surface area contributed by atoms with Crippen LogP contribution < -0.4 is 4.90 Å². The first-order chi connectivity index (χ1) is 13.3. The summed E-state index contributed by atoms with van der Waals surface area (Å²) in [4.78, 5) is 23.0. The van der Waals surface area contributed by atoms with Crippen molar-refractivity contribution in [3.05, 3.63) is 53.8 Å². The average Bonchev–Trinajstić information content (AvgIpc) is 3.06. The number of anilines is 1. The average molecular weight is 375 g/mol. The van der Waals surface area contributed by atoms with Gasteiger partial charge in [-0.3, -0.25) is 0 Å². The topological polar surface area (TPSA) is 79.5 Å². The van der Waals surface area contributed by atoms with Gasteiger partial charge in [0.2, 0.25) is 0 Å². The van der Waals surface area contributed by atoms with Crippen molar-refractivity contribution in [2.75, 3.05) is 11.9 Å². The van der Waals surface area contributed by atoms with Gasteiger partial charge in [-0.2, -0.15) is 0 Å². The summed E-state index contributed by atoms with van der Waals surface area (Å²) in [5, 5.41) is 10.3. The van der Waals surface area contributed by atoms with E-state index >= 15 is 0 Å². The van der Waals surface area contributed by atoms with Gasteiger partial charge in [-0.15, -0.1) is 0 Å². The predicted octanol–water partition coefficient (Wildman–Crippen LogP) is 4.89. The van der Waals surface area contributed by atoms with Gasteiger partial charge in [0.05, 0.1) is 22.9 Å². The van der Waals surface area contributed by atoms with Crippen LogP contribution in [0.1, 0.15) is 29.8 Å². The van der Waals surface area contributed by atoms with Gasteiger partial charge in [-0.1, -0.05) is 0 Å². The van der Waals surface area contributed by atoms with Crippen LogP contribution in [0.2, 0.25) is 0 Å². The number of aryl methyl sites for hydroxylation is 1. The van der Waals surface area contributed by atoms with E-state index in [9.17, 15) is 9.90 Å². The number of hydrogen-bond donors (Lipinski definition) is 1. The number of furan rings is 1. The van der Waals surface area contributed by atoms with Gasteiger partial charge < -0.3 is 14.4 Å². The van der Waals surface area contributed by atoms with E-state index in [1.54, 1.807) is 24.5 Å². The fraction of sp³-hybridized carbons (Fsp3) is 0.227. The Kier molecular flexibility index (Phi) is 4.26. The highest BCUT2D eigenvalue weighted by molar-refractivity contribution is 5.94. The minimum atomic E-state index is -0.979. The first-order valence-corrected chi connectivity index (χ1v) is 9.11. The van der Waals surface area contributed by atoms with Gasteiger partial charge in [0, 0.05) is 24.0 Å². The molecule has 0 radical (unpaired) electrons. The molecule has 28 heavy (non-hydrogen) atoms. The van der Waals surface area contributed by atoms with Crippen LogP contribution in [0, 0.1) is 6.92 Å². The summed E-state index contributed by atoms with van der Waals surface area (Å²) in [5.74, 6) is -0.266. The molecule has 142 valence electrons. The normalized spacial score (nSPS) is 11.5. The van der Waals surface area contributed by atoms with E-state index in [1.807, 2.05) is 31.0 Å². The van der Waals surface area contributed by atoms with Crippen LogP contribution in [0.3, 0.4) is 0 Å². The van der Waals surface area contributed by atoms with Crippen LogP contribution in [-0.4, -0.2) is 34.1 Å². The van der Waals surface area contributed by atoms with Crippen molar-refractivity contribution < 1.29 is 14.3 Å². The number of carboxylic acids is 1. The third-order valence-corrected chi connectivity index (χ3v) is 5.04. The van der Waals surface area contributed by atoms with Crippen molar-refractivity contribution >= 4 is 33.8 Å². The van der Waals surface area contributed by atoms with Crippen molar-refractivity contribution in [1.82, 2.24) is 9.97 Å². The number of fused-ring (bicyclic) bond motifs is 2. The van der Waals surface area contributed by atoms with E-state index < -0.39 is 5.97 Å². The molecule has 0 spiro atoms. The Labute approximate surface area is 162 Å². The molecule has 6 heteroatoms. The molecule has 4 rings (SSSR count). The lowest BCUT2D eigenvalue weighted by atomic mass is 10.1. The van der Waals surface area contributed by atoms with Gasteiger partial charge in [0.25, 0.3) is 0 Å². The molecule has 2 heterocycles. The Morgan fingerprint density at radius 3 is 2.61 bits per heavy atom. The van der Waals surface area contributed by atoms with Gasteiger partial charge >= 0.3 is 5.97 Å². The molecule has 2 aromatic heterocycles. The van der Waals surface area contributed by atoms with Crippen molar-refractivity contribution in [3.63, 3.8) is 0 Å². The first kappa shape index (κ1) is 18.0. The fourth-order valence-corrected chi connectivity index (χ4v) is 3.17. The van der Waals surface area contributed by atoms with E-state index in [-0.39, 0.29) is 11.6 Å². The standard InChI is InChI=1S/C22H21N3O3/c1-12(2)25(4)21-20(14-6-8-19-16(9-14)13(3)11-28-19)23-17-7-5-15(22(26)27)10-18(17)24-21/h5-12H,1-4H3,(H,26,27). The Balaban J connectivity index is 1.98. The lowest BCUT2D eigenvalue weighted by Crippen LogP contribution is -2.27. The predicted molar refractivity (Wildman–Crippen MR) is 110 cm³/mol. The summed E-state index contributed by atoms with van der Waals surface area (Å²) in [7, 11) is 1.96. The maximum absolute atomic E-state index is 11.3. The zero-order chi connectivity index (χ0) is 20.0. The van der Waals surface area contributed by atoms with Gasteiger partial charge in [-0.05, 0) is 62.7 Å². The molecule has 0 saturated carbocycles. The molecule has 0 aliphatic carbocycles. The molecule has 0 aliphatic heterocycles. The van der Waals surface area contributed by atoms with Crippen molar-refractivity contribution in [2.45, 2.75) is 26.8 Å². The summed E-state index contributed by atoms with van der Waals surface area (Å²) >= 11 is 0. The van der Waals surface area contributed by atoms with Crippen molar-refractivity contribution in [2.24, 2.45) is 0 Å². The molecule has 0 saturated heterocycles.